The molecule has 0 radical (unpaired) electrons. The topological polar surface area (TPSA) is 56.5 Å². The number of carbonyl (C=O) groups excluding carboxylic acids is 1. The summed E-state index contributed by atoms with van der Waals surface area (Å²) in [6, 6.07) is 14.8. The predicted molar refractivity (Wildman–Crippen MR) is 80.5 cm³/mol. The average molecular weight is 279 g/mol. The number of imidazole rings is 1. The number of benzene rings is 2. The third-order valence-corrected chi connectivity index (χ3v) is 3.10. The number of ether oxygens (including phenoxy) is 1. The lowest BCUT2D eigenvalue weighted by Gasteiger charge is -1.99. The van der Waals surface area contributed by atoms with Crippen molar-refractivity contribution in [2.24, 2.45) is 5.10 Å². The summed E-state index contributed by atoms with van der Waals surface area (Å²) in [5, 5.41) is 4.37. The van der Waals surface area contributed by atoms with E-state index in [0.717, 1.165) is 16.6 Å². The molecule has 0 amide bonds. The van der Waals surface area contributed by atoms with E-state index in [4.69, 9.17) is 0 Å². The minimum absolute atomic E-state index is 0.348. The zero-order chi connectivity index (χ0) is 14.7. The maximum Gasteiger partial charge on any atom is 0.337 e. The summed E-state index contributed by atoms with van der Waals surface area (Å²) in [5.74, 6) is -0.348. The zero-order valence-corrected chi connectivity index (χ0v) is 11.4. The van der Waals surface area contributed by atoms with E-state index in [1.807, 2.05) is 36.4 Å². The van der Waals surface area contributed by atoms with Gasteiger partial charge in [-0.1, -0.05) is 24.3 Å². The summed E-state index contributed by atoms with van der Waals surface area (Å²) < 4.78 is 6.37. The molecule has 1 heterocycles. The molecular formula is C16H13N3O2. The molecule has 3 aromatic rings. The molecule has 5 heteroatoms. The summed E-state index contributed by atoms with van der Waals surface area (Å²) in [5.41, 5.74) is 3.25. The van der Waals surface area contributed by atoms with Gasteiger partial charge in [0, 0.05) is 0 Å². The fraction of sp³-hybridized carbons (Fsp3) is 0.0625. The minimum Gasteiger partial charge on any atom is -0.465 e. The maximum atomic E-state index is 11.3. The quantitative estimate of drug-likeness (QED) is 0.547. The molecule has 0 N–H and O–H groups in total. The highest BCUT2D eigenvalue weighted by atomic mass is 16.5. The first-order valence-corrected chi connectivity index (χ1v) is 6.43. The first-order chi connectivity index (χ1) is 10.3. The number of carbonyl (C=O) groups is 1. The van der Waals surface area contributed by atoms with Crippen molar-refractivity contribution in [3.8, 4) is 0 Å². The van der Waals surface area contributed by atoms with Gasteiger partial charge in [0.2, 0.25) is 0 Å². The van der Waals surface area contributed by atoms with Gasteiger partial charge in [-0.15, -0.1) is 0 Å². The fourth-order valence-corrected chi connectivity index (χ4v) is 1.99. The van der Waals surface area contributed by atoms with Gasteiger partial charge in [0.1, 0.15) is 6.33 Å². The van der Waals surface area contributed by atoms with Crippen molar-refractivity contribution in [3.05, 3.63) is 66.0 Å². The van der Waals surface area contributed by atoms with Gasteiger partial charge in [-0.25, -0.2) is 14.5 Å². The molecule has 5 nitrogen and oxygen atoms in total. The Morgan fingerprint density at radius 1 is 1.19 bits per heavy atom. The lowest BCUT2D eigenvalue weighted by Crippen LogP contribution is -2.00. The second kappa shape index (κ2) is 5.58. The smallest absolute Gasteiger partial charge is 0.337 e. The fourth-order valence-electron chi connectivity index (χ4n) is 1.99. The Kier molecular flexibility index (Phi) is 3.47. The number of hydrogen-bond donors (Lipinski definition) is 0. The maximum absolute atomic E-state index is 11.3. The van der Waals surface area contributed by atoms with Crippen LogP contribution in [0, 0.1) is 0 Å². The molecule has 0 fully saturated rings. The second-order valence-electron chi connectivity index (χ2n) is 4.44. The number of aromatic nitrogens is 2. The lowest BCUT2D eigenvalue weighted by atomic mass is 10.1. The number of esters is 1. The van der Waals surface area contributed by atoms with E-state index in [2.05, 4.69) is 14.8 Å². The minimum atomic E-state index is -0.348. The van der Waals surface area contributed by atoms with E-state index in [9.17, 15) is 4.79 Å². The number of para-hydroxylation sites is 2. The zero-order valence-electron chi connectivity index (χ0n) is 11.4. The van der Waals surface area contributed by atoms with Gasteiger partial charge in [-0.3, -0.25) is 0 Å². The number of methoxy groups -OCH3 is 1. The summed E-state index contributed by atoms with van der Waals surface area (Å²) in [6.07, 6.45) is 3.39. The van der Waals surface area contributed by atoms with Gasteiger partial charge in [-0.05, 0) is 29.8 Å². The van der Waals surface area contributed by atoms with Crippen LogP contribution >= 0.6 is 0 Å². The van der Waals surface area contributed by atoms with Crippen LogP contribution in [0.2, 0.25) is 0 Å². The van der Waals surface area contributed by atoms with E-state index in [1.165, 1.54) is 7.11 Å². The van der Waals surface area contributed by atoms with Crippen LogP contribution in [0.3, 0.4) is 0 Å². The standard InChI is InChI=1S/C16H13N3O2/c1-21-16(20)13-8-6-12(7-9-13)10-18-19-11-17-14-4-2-3-5-15(14)19/h2-11H,1H3/b18-10-. The van der Waals surface area contributed by atoms with Crippen LogP contribution in [-0.2, 0) is 4.74 Å². The molecule has 2 aromatic carbocycles. The molecule has 0 saturated heterocycles. The first kappa shape index (κ1) is 13.1. The van der Waals surface area contributed by atoms with Gasteiger partial charge < -0.3 is 4.74 Å². The molecule has 0 bridgehead atoms. The molecule has 0 aliphatic carbocycles. The van der Waals surface area contributed by atoms with Gasteiger partial charge >= 0.3 is 5.97 Å². The Hall–Kier alpha value is -2.95. The van der Waals surface area contributed by atoms with Crippen molar-refractivity contribution in [2.75, 3.05) is 7.11 Å². The van der Waals surface area contributed by atoms with Gasteiger partial charge in [0.25, 0.3) is 0 Å². The molecule has 0 aliphatic rings. The lowest BCUT2D eigenvalue weighted by molar-refractivity contribution is 0.0601. The highest BCUT2D eigenvalue weighted by molar-refractivity contribution is 5.90. The van der Waals surface area contributed by atoms with Crippen LogP contribution in [0.5, 0.6) is 0 Å². The Labute approximate surface area is 121 Å². The Bertz CT molecular complexity index is 804. The molecule has 0 saturated carbocycles. The summed E-state index contributed by atoms with van der Waals surface area (Å²) >= 11 is 0. The summed E-state index contributed by atoms with van der Waals surface area (Å²) in [6.45, 7) is 0. The van der Waals surface area contributed by atoms with E-state index in [-0.39, 0.29) is 5.97 Å². The van der Waals surface area contributed by atoms with Crippen molar-refractivity contribution >= 4 is 23.2 Å². The highest BCUT2D eigenvalue weighted by Crippen LogP contribution is 2.11. The van der Waals surface area contributed by atoms with Gasteiger partial charge in [0.15, 0.2) is 0 Å². The Morgan fingerprint density at radius 3 is 2.71 bits per heavy atom. The van der Waals surface area contributed by atoms with Crippen LogP contribution in [0.25, 0.3) is 11.0 Å². The van der Waals surface area contributed by atoms with E-state index < -0.39 is 0 Å². The van der Waals surface area contributed by atoms with Crippen molar-refractivity contribution in [2.45, 2.75) is 0 Å². The number of nitrogens with zero attached hydrogens (tertiary/aromatic N) is 3. The molecular weight excluding hydrogens is 266 g/mol. The van der Waals surface area contributed by atoms with Crippen molar-refractivity contribution in [3.63, 3.8) is 0 Å². The third-order valence-electron chi connectivity index (χ3n) is 3.10. The van der Waals surface area contributed by atoms with Crippen LogP contribution in [0.4, 0.5) is 0 Å². The number of fused-ring (bicyclic) bond motifs is 1. The third kappa shape index (κ3) is 2.67. The van der Waals surface area contributed by atoms with Crippen LogP contribution in [0.1, 0.15) is 15.9 Å². The molecule has 0 aliphatic heterocycles. The molecule has 104 valence electrons. The van der Waals surface area contributed by atoms with E-state index in [0.29, 0.717) is 5.56 Å². The normalized spacial score (nSPS) is 11.1. The highest BCUT2D eigenvalue weighted by Gasteiger charge is 2.03. The Morgan fingerprint density at radius 2 is 1.95 bits per heavy atom. The summed E-state index contributed by atoms with van der Waals surface area (Å²) in [4.78, 5) is 15.6. The van der Waals surface area contributed by atoms with Crippen LogP contribution < -0.4 is 0 Å². The van der Waals surface area contributed by atoms with E-state index >= 15 is 0 Å². The number of rotatable bonds is 3. The summed E-state index contributed by atoms with van der Waals surface area (Å²) in [7, 11) is 1.36. The molecule has 3 rings (SSSR count). The monoisotopic (exact) mass is 279 g/mol. The van der Waals surface area contributed by atoms with Crippen molar-refractivity contribution < 1.29 is 9.53 Å². The van der Waals surface area contributed by atoms with Gasteiger partial charge in [0.05, 0.1) is 29.9 Å². The van der Waals surface area contributed by atoms with Gasteiger partial charge in [-0.2, -0.15) is 5.10 Å². The molecule has 0 unspecified atom stereocenters. The van der Waals surface area contributed by atoms with E-state index in [1.54, 1.807) is 29.4 Å². The van der Waals surface area contributed by atoms with Crippen molar-refractivity contribution in [1.82, 2.24) is 9.66 Å². The van der Waals surface area contributed by atoms with Crippen LogP contribution in [-0.4, -0.2) is 29.0 Å². The molecule has 0 spiro atoms. The number of hydrogen-bond acceptors (Lipinski definition) is 4. The largest absolute Gasteiger partial charge is 0.465 e. The molecule has 0 atom stereocenters. The second-order valence-corrected chi connectivity index (χ2v) is 4.44. The average Bonchev–Trinajstić information content (AvgIpc) is 2.96. The van der Waals surface area contributed by atoms with Crippen molar-refractivity contribution in [1.29, 1.82) is 0 Å². The Balaban J connectivity index is 1.84. The first-order valence-electron chi connectivity index (χ1n) is 6.43. The molecule has 1 aromatic heterocycles. The van der Waals surface area contributed by atoms with Crippen LogP contribution in [0.15, 0.2) is 60.0 Å². The molecule has 21 heavy (non-hydrogen) atoms. The SMILES string of the molecule is COC(=O)c1ccc(/C=N\n2cnc3ccccc32)cc1. The predicted octanol–water partition coefficient (Wildman–Crippen LogP) is 2.71.